The summed E-state index contributed by atoms with van der Waals surface area (Å²) in [5.41, 5.74) is 6.74. The molecule has 4 heteroatoms. The zero-order valence-corrected chi connectivity index (χ0v) is 9.51. The fourth-order valence-corrected chi connectivity index (χ4v) is 1.61. The molecule has 2 aromatic rings. The van der Waals surface area contributed by atoms with Gasteiger partial charge in [0.15, 0.2) is 6.29 Å². The predicted octanol–water partition coefficient (Wildman–Crippen LogP) is 2.25. The Morgan fingerprint density at radius 2 is 1.89 bits per heavy atom. The second-order valence-corrected chi connectivity index (χ2v) is 3.64. The number of hydrogen-bond acceptors (Lipinski definition) is 3. The third kappa shape index (κ3) is 2.27. The first-order valence-corrected chi connectivity index (χ1v) is 5.35. The number of allylic oxidation sites excluding steroid dienone is 1. The lowest BCUT2D eigenvalue weighted by atomic mass is 10.0. The molecule has 18 heavy (non-hydrogen) atoms. The number of nitrogens with two attached hydrogens (primary N) is 1. The van der Waals surface area contributed by atoms with E-state index in [0.29, 0.717) is 12.0 Å². The molecule has 2 N–H and O–H groups in total. The Labute approximate surface area is 104 Å². The van der Waals surface area contributed by atoms with Crippen LogP contribution < -0.4 is 5.73 Å². The van der Waals surface area contributed by atoms with Crippen molar-refractivity contribution in [1.82, 2.24) is 4.98 Å². The average Bonchev–Trinajstić information content (AvgIpc) is 2.41. The minimum atomic E-state index is -0.467. The molecule has 90 valence electrons. The van der Waals surface area contributed by atoms with E-state index in [1.807, 2.05) is 0 Å². The summed E-state index contributed by atoms with van der Waals surface area (Å²) >= 11 is 0. The minimum absolute atomic E-state index is 0.0850. The van der Waals surface area contributed by atoms with Gasteiger partial charge in [-0.05, 0) is 24.3 Å². The molecule has 0 bridgehead atoms. The molecular formula is C14H11FN2O. The highest BCUT2D eigenvalue weighted by molar-refractivity contribution is 6.15. The van der Waals surface area contributed by atoms with Crippen LogP contribution in [0.1, 0.15) is 11.3 Å². The van der Waals surface area contributed by atoms with Crippen LogP contribution in [0.25, 0.3) is 11.3 Å². The maximum atomic E-state index is 13.6. The molecule has 0 fully saturated rings. The predicted molar refractivity (Wildman–Crippen MR) is 67.7 cm³/mol. The molecule has 0 spiro atoms. The molecule has 0 saturated heterocycles. The van der Waals surface area contributed by atoms with Crippen LogP contribution in [0.5, 0.6) is 0 Å². The van der Waals surface area contributed by atoms with Crippen molar-refractivity contribution in [3.8, 4) is 0 Å². The molecule has 1 heterocycles. The normalized spacial score (nSPS) is 11.8. The highest BCUT2D eigenvalue weighted by atomic mass is 19.1. The van der Waals surface area contributed by atoms with Crippen molar-refractivity contribution in [1.29, 1.82) is 0 Å². The van der Waals surface area contributed by atoms with Crippen molar-refractivity contribution in [3.05, 3.63) is 65.7 Å². The second kappa shape index (κ2) is 5.23. The number of aromatic nitrogens is 1. The highest BCUT2D eigenvalue weighted by Gasteiger charge is 2.11. The molecule has 0 aliphatic rings. The molecule has 3 nitrogen and oxygen atoms in total. The van der Waals surface area contributed by atoms with E-state index >= 15 is 0 Å². The third-order valence-electron chi connectivity index (χ3n) is 2.51. The quantitative estimate of drug-likeness (QED) is 0.663. The van der Waals surface area contributed by atoms with Crippen LogP contribution in [-0.2, 0) is 4.79 Å². The zero-order valence-electron chi connectivity index (χ0n) is 9.51. The van der Waals surface area contributed by atoms with Crippen LogP contribution in [0.4, 0.5) is 4.39 Å². The van der Waals surface area contributed by atoms with Crippen LogP contribution in [0.3, 0.4) is 0 Å². The van der Waals surface area contributed by atoms with Gasteiger partial charge >= 0.3 is 0 Å². The number of aldehydes is 1. The monoisotopic (exact) mass is 242 g/mol. The van der Waals surface area contributed by atoms with Gasteiger partial charge < -0.3 is 5.73 Å². The van der Waals surface area contributed by atoms with E-state index in [0.717, 1.165) is 0 Å². The van der Waals surface area contributed by atoms with Gasteiger partial charge in [0.25, 0.3) is 0 Å². The van der Waals surface area contributed by atoms with Gasteiger partial charge in [0.2, 0.25) is 0 Å². The van der Waals surface area contributed by atoms with Gasteiger partial charge in [-0.2, -0.15) is 0 Å². The van der Waals surface area contributed by atoms with Crippen molar-refractivity contribution >= 4 is 17.6 Å². The van der Waals surface area contributed by atoms with E-state index in [2.05, 4.69) is 4.98 Å². The van der Waals surface area contributed by atoms with E-state index in [9.17, 15) is 9.18 Å². The van der Waals surface area contributed by atoms with Gasteiger partial charge in [-0.15, -0.1) is 0 Å². The molecule has 0 unspecified atom stereocenters. The molecular weight excluding hydrogens is 231 g/mol. The number of halogens is 1. The smallest absolute Gasteiger partial charge is 0.154 e. The molecule has 0 saturated carbocycles. The van der Waals surface area contributed by atoms with E-state index in [4.69, 9.17) is 5.73 Å². The third-order valence-corrected chi connectivity index (χ3v) is 2.51. The lowest BCUT2D eigenvalue weighted by Crippen LogP contribution is -2.05. The van der Waals surface area contributed by atoms with E-state index in [1.165, 1.54) is 12.1 Å². The number of pyridine rings is 1. The van der Waals surface area contributed by atoms with Crippen molar-refractivity contribution in [2.24, 2.45) is 5.73 Å². The number of hydrogen-bond donors (Lipinski definition) is 1. The average molecular weight is 242 g/mol. The van der Waals surface area contributed by atoms with E-state index < -0.39 is 5.82 Å². The summed E-state index contributed by atoms with van der Waals surface area (Å²) in [5, 5.41) is 0. The lowest BCUT2D eigenvalue weighted by molar-refractivity contribution is -0.103. The molecule has 0 aliphatic heterocycles. The van der Waals surface area contributed by atoms with Crippen molar-refractivity contribution in [2.45, 2.75) is 0 Å². The Kier molecular flexibility index (Phi) is 3.48. The van der Waals surface area contributed by atoms with Crippen molar-refractivity contribution in [2.75, 3.05) is 0 Å². The van der Waals surface area contributed by atoms with Gasteiger partial charge in [-0.25, -0.2) is 4.39 Å². The van der Waals surface area contributed by atoms with Crippen molar-refractivity contribution < 1.29 is 9.18 Å². The van der Waals surface area contributed by atoms with Crippen molar-refractivity contribution in [3.63, 3.8) is 0 Å². The Morgan fingerprint density at radius 1 is 1.17 bits per heavy atom. The van der Waals surface area contributed by atoms with Crippen LogP contribution >= 0.6 is 0 Å². The molecule has 1 aromatic heterocycles. The standard InChI is InChI=1S/C14H11FN2O/c15-12-6-2-1-5-10(12)14(16)11(9-18)13-7-3-4-8-17-13/h1-9H,16H2/b14-11-. The summed E-state index contributed by atoms with van der Waals surface area (Å²) in [4.78, 5) is 15.2. The first-order chi connectivity index (χ1) is 8.74. The largest absolute Gasteiger partial charge is 0.398 e. The molecule has 0 amide bonds. The second-order valence-electron chi connectivity index (χ2n) is 3.64. The maximum absolute atomic E-state index is 13.6. The van der Waals surface area contributed by atoms with Gasteiger partial charge in [0.1, 0.15) is 5.82 Å². The topological polar surface area (TPSA) is 56.0 Å². The van der Waals surface area contributed by atoms with E-state index in [1.54, 1.807) is 36.5 Å². The minimum Gasteiger partial charge on any atom is -0.398 e. The maximum Gasteiger partial charge on any atom is 0.154 e. The number of carbonyl (C=O) groups is 1. The summed E-state index contributed by atoms with van der Waals surface area (Å²) in [6.45, 7) is 0. The molecule has 0 atom stereocenters. The SMILES string of the molecule is N/C(=C(/C=O)c1ccccn1)c1ccccc1F. The van der Waals surface area contributed by atoms with Gasteiger partial charge in [-0.1, -0.05) is 18.2 Å². The Morgan fingerprint density at radius 3 is 2.50 bits per heavy atom. The number of carbonyl (C=O) groups excluding carboxylic acids is 1. The van der Waals surface area contributed by atoms with E-state index in [-0.39, 0.29) is 16.8 Å². The summed E-state index contributed by atoms with van der Waals surface area (Å²) < 4.78 is 13.6. The summed E-state index contributed by atoms with van der Waals surface area (Å²) in [5.74, 6) is -0.467. The van der Waals surface area contributed by atoms with Gasteiger partial charge in [0.05, 0.1) is 17.0 Å². The number of nitrogens with zero attached hydrogens (tertiary/aromatic N) is 1. The first-order valence-electron chi connectivity index (χ1n) is 5.35. The van der Waals surface area contributed by atoms with Gasteiger partial charge in [0, 0.05) is 11.8 Å². The van der Waals surface area contributed by atoms with Crippen LogP contribution in [0, 0.1) is 5.82 Å². The summed E-state index contributed by atoms with van der Waals surface area (Å²) in [6, 6.07) is 11.2. The lowest BCUT2D eigenvalue weighted by Gasteiger charge is -2.07. The van der Waals surface area contributed by atoms with Crippen LogP contribution in [0.15, 0.2) is 48.7 Å². The van der Waals surface area contributed by atoms with Gasteiger partial charge in [-0.3, -0.25) is 9.78 Å². The summed E-state index contributed by atoms with van der Waals surface area (Å²) in [7, 11) is 0. The Balaban J connectivity index is 2.58. The number of rotatable bonds is 3. The fraction of sp³-hybridized carbons (Fsp3) is 0. The molecule has 0 radical (unpaired) electrons. The van der Waals surface area contributed by atoms with Crippen LogP contribution in [-0.4, -0.2) is 11.3 Å². The zero-order chi connectivity index (χ0) is 13.0. The Hall–Kier alpha value is -2.49. The molecule has 2 rings (SSSR count). The first kappa shape index (κ1) is 12.0. The highest BCUT2D eigenvalue weighted by Crippen LogP contribution is 2.21. The Bertz CT molecular complexity index is 594. The fourth-order valence-electron chi connectivity index (χ4n) is 1.61. The summed E-state index contributed by atoms with van der Waals surface area (Å²) in [6.07, 6.45) is 2.14. The molecule has 1 aromatic carbocycles. The van der Waals surface area contributed by atoms with Crippen LogP contribution in [0.2, 0.25) is 0 Å². The molecule has 0 aliphatic carbocycles. The number of benzene rings is 1.